The van der Waals surface area contributed by atoms with E-state index < -0.39 is 0 Å². The third-order valence-corrected chi connectivity index (χ3v) is 3.64. The third-order valence-electron chi connectivity index (χ3n) is 2.67. The summed E-state index contributed by atoms with van der Waals surface area (Å²) in [6.07, 6.45) is 2.66. The average Bonchev–Trinajstić information content (AvgIpc) is 2.84. The van der Waals surface area contributed by atoms with Gasteiger partial charge in [0.25, 0.3) is 0 Å². The number of aromatic nitrogens is 2. The highest BCUT2D eigenvalue weighted by atomic mass is 32.1. The second-order valence-corrected chi connectivity index (χ2v) is 4.90. The highest BCUT2D eigenvalue weighted by Crippen LogP contribution is 2.19. The fourth-order valence-electron chi connectivity index (χ4n) is 1.74. The molecule has 2 rings (SSSR count). The molecule has 0 saturated carbocycles. The van der Waals surface area contributed by atoms with Crippen molar-refractivity contribution in [2.24, 2.45) is 0 Å². The van der Waals surface area contributed by atoms with Gasteiger partial charge in [-0.15, -0.1) is 11.3 Å². The minimum Gasteiger partial charge on any atom is -0.370 e. The maximum absolute atomic E-state index is 4.22. The Labute approximate surface area is 111 Å². The van der Waals surface area contributed by atoms with Crippen LogP contribution in [0.4, 0.5) is 11.6 Å². The first-order valence-electron chi connectivity index (χ1n) is 6.18. The standard InChI is InChI=1S/C13H18N4S/c1-3-10-5-6-18-11(10)8-15-13-7-12(14-4-2)16-9-17-13/h5-7,9H,3-4,8H2,1-2H3,(H2,14,15,16,17). The Morgan fingerprint density at radius 3 is 2.67 bits per heavy atom. The zero-order chi connectivity index (χ0) is 12.8. The molecule has 0 bridgehead atoms. The number of nitrogens with zero attached hydrogens (tertiary/aromatic N) is 2. The van der Waals surface area contributed by atoms with E-state index in [1.165, 1.54) is 10.4 Å². The van der Waals surface area contributed by atoms with Crippen LogP contribution in [0.25, 0.3) is 0 Å². The molecule has 0 atom stereocenters. The van der Waals surface area contributed by atoms with Crippen molar-refractivity contribution in [2.45, 2.75) is 26.8 Å². The SMILES string of the molecule is CCNc1cc(NCc2sccc2CC)ncn1. The maximum Gasteiger partial charge on any atom is 0.131 e. The molecule has 0 fully saturated rings. The maximum atomic E-state index is 4.22. The van der Waals surface area contributed by atoms with Crippen LogP contribution in [0.1, 0.15) is 24.3 Å². The van der Waals surface area contributed by atoms with Gasteiger partial charge >= 0.3 is 0 Å². The zero-order valence-electron chi connectivity index (χ0n) is 10.7. The van der Waals surface area contributed by atoms with E-state index in [-0.39, 0.29) is 0 Å². The van der Waals surface area contributed by atoms with Gasteiger partial charge in [0.05, 0.1) is 6.54 Å². The monoisotopic (exact) mass is 262 g/mol. The molecule has 0 aliphatic heterocycles. The van der Waals surface area contributed by atoms with Gasteiger partial charge in [-0.05, 0) is 30.4 Å². The van der Waals surface area contributed by atoms with E-state index in [0.29, 0.717) is 0 Å². The average molecular weight is 262 g/mol. The molecule has 0 amide bonds. The van der Waals surface area contributed by atoms with Gasteiger partial charge in [0, 0.05) is 17.5 Å². The van der Waals surface area contributed by atoms with Crippen molar-refractivity contribution in [3.05, 3.63) is 34.3 Å². The van der Waals surface area contributed by atoms with Crippen LogP contribution in [-0.2, 0) is 13.0 Å². The summed E-state index contributed by atoms with van der Waals surface area (Å²) < 4.78 is 0. The minimum atomic E-state index is 0.823. The second-order valence-electron chi connectivity index (χ2n) is 3.89. The summed E-state index contributed by atoms with van der Waals surface area (Å²) in [5.41, 5.74) is 1.41. The molecule has 0 spiro atoms. The van der Waals surface area contributed by atoms with Crippen LogP contribution in [0.15, 0.2) is 23.8 Å². The second kappa shape index (κ2) is 6.35. The summed E-state index contributed by atoms with van der Waals surface area (Å²) >= 11 is 1.79. The van der Waals surface area contributed by atoms with Crippen molar-refractivity contribution in [1.82, 2.24) is 9.97 Å². The van der Waals surface area contributed by atoms with E-state index >= 15 is 0 Å². The highest BCUT2D eigenvalue weighted by molar-refractivity contribution is 7.10. The van der Waals surface area contributed by atoms with Gasteiger partial charge in [0.2, 0.25) is 0 Å². The molecule has 0 aliphatic carbocycles. The van der Waals surface area contributed by atoms with E-state index in [4.69, 9.17) is 0 Å². The molecule has 0 radical (unpaired) electrons. The molecule has 0 unspecified atom stereocenters. The Bertz CT molecular complexity index is 495. The minimum absolute atomic E-state index is 0.823. The van der Waals surface area contributed by atoms with Crippen LogP contribution in [0.5, 0.6) is 0 Å². The highest BCUT2D eigenvalue weighted by Gasteiger charge is 2.03. The molecular formula is C13H18N4S. The van der Waals surface area contributed by atoms with Crippen LogP contribution in [0, 0.1) is 0 Å². The van der Waals surface area contributed by atoms with Gasteiger partial charge in [0.15, 0.2) is 0 Å². The molecule has 2 heterocycles. The molecule has 5 heteroatoms. The molecule has 4 nitrogen and oxygen atoms in total. The Hall–Kier alpha value is -1.62. The van der Waals surface area contributed by atoms with Crippen LogP contribution in [0.3, 0.4) is 0 Å². The molecule has 2 aromatic heterocycles. The molecule has 96 valence electrons. The molecule has 18 heavy (non-hydrogen) atoms. The quantitative estimate of drug-likeness (QED) is 0.839. The Balaban J connectivity index is 1.99. The fraction of sp³-hybridized carbons (Fsp3) is 0.385. The predicted octanol–water partition coefficient (Wildman–Crippen LogP) is 3.14. The summed E-state index contributed by atoms with van der Waals surface area (Å²) in [5.74, 6) is 1.72. The number of hydrogen-bond acceptors (Lipinski definition) is 5. The van der Waals surface area contributed by atoms with Crippen LogP contribution in [0.2, 0.25) is 0 Å². The van der Waals surface area contributed by atoms with Gasteiger partial charge in [-0.25, -0.2) is 9.97 Å². The summed E-state index contributed by atoms with van der Waals surface area (Å²) in [7, 11) is 0. The van der Waals surface area contributed by atoms with Gasteiger partial charge < -0.3 is 10.6 Å². The van der Waals surface area contributed by atoms with Crippen molar-refractivity contribution in [3.63, 3.8) is 0 Å². The van der Waals surface area contributed by atoms with Crippen LogP contribution < -0.4 is 10.6 Å². The number of thiophene rings is 1. The van der Waals surface area contributed by atoms with Gasteiger partial charge in [-0.1, -0.05) is 6.92 Å². The molecule has 0 saturated heterocycles. The topological polar surface area (TPSA) is 49.8 Å². The predicted molar refractivity (Wildman–Crippen MR) is 77.2 cm³/mol. The molecular weight excluding hydrogens is 244 g/mol. The van der Waals surface area contributed by atoms with E-state index in [1.807, 2.05) is 13.0 Å². The van der Waals surface area contributed by atoms with Crippen LogP contribution >= 0.6 is 11.3 Å². The van der Waals surface area contributed by atoms with E-state index in [9.17, 15) is 0 Å². The van der Waals surface area contributed by atoms with Crippen molar-refractivity contribution in [1.29, 1.82) is 0 Å². The summed E-state index contributed by atoms with van der Waals surface area (Å²) in [6, 6.07) is 4.12. The molecule has 2 aromatic rings. The summed E-state index contributed by atoms with van der Waals surface area (Å²) in [6.45, 7) is 5.92. The van der Waals surface area contributed by atoms with E-state index in [2.05, 4.69) is 39.0 Å². The Morgan fingerprint density at radius 2 is 1.94 bits per heavy atom. The number of anilines is 2. The lowest BCUT2D eigenvalue weighted by molar-refractivity contribution is 1.05. The number of hydrogen-bond donors (Lipinski definition) is 2. The van der Waals surface area contributed by atoms with Gasteiger partial charge in [0.1, 0.15) is 18.0 Å². The summed E-state index contributed by atoms with van der Waals surface area (Å²) in [4.78, 5) is 9.74. The Kier molecular flexibility index (Phi) is 4.52. The molecule has 0 aliphatic rings. The van der Waals surface area contributed by atoms with Gasteiger partial charge in [-0.2, -0.15) is 0 Å². The summed E-state index contributed by atoms with van der Waals surface area (Å²) in [5, 5.41) is 8.65. The number of aryl methyl sites for hydroxylation is 1. The van der Waals surface area contributed by atoms with E-state index in [1.54, 1.807) is 17.7 Å². The first kappa shape index (κ1) is 12.8. The zero-order valence-corrected chi connectivity index (χ0v) is 11.5. The number of rotatable bonds is 6. The molecule has 0 aromatic carbocycles. The lowest BCUT2D eigenvalue weighted by Crippen LogP contribution is -2.04. The normalized spacial score (nSPS) is 10.3. The molecule has 2 N–H and O–H groups in total. The first-order valence-corrected chi connectivity index (χ1v) is 7.06. The van der Waals surface area contributed by atoms with Crippen molar-refractivity contribution < 1.29 is 0 Å². The van der Waals surface area contributed by atoms with E-state index in [0.717, 1.165) is 31.1 Å². The smallest absolute Gasteiger partial charge is 0.131 e. The largest absolute Gasteiger partial charge is 0.370 e. The Morgan fingerprint density at radius 1 is 1.17 bits per heavy atom. The number of nitrogens with one attached hydrogen (secondary N) is 2. The first-order chi connectivity index (χ1) is 8.83. The lowest BCUT2D eigenvalue weighted by Gasteiger charge is -2.07. The van der Waals surface area contributed by atoms with Gasteiger partial charge in [-0.3, -0.25) is 0 Å². The lowest BCUT2D eigenvalue weighted by atomic mass is 10.2. The fourth-order valence-corrected chi connectivity index (χ4v) is 2.66. The third kappa shape index (κ3) is 3.20. The van der Waals surface area contributed by atoms with Crippen molar-refractivity contribution in [2.75, 3.05) is 17.2 Å². The van der Waals surface area contributed by atoms with Crippen molar-refractivity contribution in [3.8, 4) is 0 Å². The van der Waals surface area contributed by atoms with Crippen molar-refractivity contribution >= 4 is 23.0 Å². The van der Waals surface area contributed by atoms with Crippen LogP contribution in [-0.4, -0.2) is 16.5 Å².